The van der Waals surface area contributed by atoms with Gasteiger partial charge in [0, 0.05) is 12.1 Å². The molecule has 1 aliphatic rings. The summed E-state index contributed by atoms with van der Waals surface area (Å²) in [6.07, 6.45) is 2.88. The highest BCUT2D eigenvalue weighted by Crippen LogP contribution is 2.36. The maximum atomic E-state index is 13.0. The van der Waals surface area contributed by atoms with Crippen LogP contribution in [0.1, 0.15) is 29.6 Å². The molecule has 1 N–H and O–H groups in total. The summed E-state index contributed by atoms with van der Waals surface area (Å²) in [6, 6.07) is 13.0. The van der Waals surface area contributed by atoms with Crippen LogP contribution >= 0.6 is 0 Å². The van der Waals surface area contributed by atoms with Crippen LogP contribution in [-0.4, -0.2) is 11.5 Å². The summed E-state index contributed by atoms with van der Waals surface area (Å²) < 4.78 is 13.0. The van der Waals surface area contributed by atoms with E-state index in [-0.39, 0.29) is 11.9 Å². The Morgan fingerprint density at radius 1 is 1.11 bits per heavy atom. The highest BCUT2D eigenvalue weighted by Gasteiger charge is 2.30. The van der Waals surface area contributed by atoms with E-state index in [1.54, 1.807) is 0 Å². The van der Waals surface area contributed by atoms with Crippen molar-refractivity contribution in [1.29, 1.82) is 0 Å². The number of halogens is 1. The average molecular weight is 242 g/mol. The minimum Gasteiger partial charge on any atom is -0.308 e. The number of nitrogens with zero attached hydrogens (tertiary/aromatic N) is 1. The van der Waals surface area contributed by atoms with E-state index in [4.69, 9.17) is 0 Å². The zero-order valence-electron chi connectivity index (χ0n) is 10.0. The Labute approximate surface area is 106 Å². The van der Waals surface area contributed by atoms with Crippen molar-refractivity contribution in [3.63, 3.8) is 0 Å². The average Bonchev–Trinajstić information content (AvgIpc) is 2.90. The summed E-state index contributed by atoms with van der Waals surface area (Å²) in [5.74, 6) is 0.194. The van der Waals surface area contributed by atoms with Gasteiger partial charge in [-0.25, -0.2) is 4.39 Å². The van der Waals surface area contributed by atoms with E-state index in [9.17, 15) is 4.39 Å². The molecule has 92 valence electrons. The summed E-state index contributed by atoms with van der Waals surface area (Å²) in [7, 11) is 0. The van der Waals surface area contributed by atoms with E-state index in [0.29, 0.717) is 5.92 Å². The minimum atomic E-state index is -0.181. The molecule has 0 spiro atoms. The van der Waals surface area contributed by atoms with Gasteiger partial charge in [0.15, 0.2) is 0 Å². The van der Waals surface area contributed by atoms with Gasteiger partial charge in [-0.15, -0.1) is 0 Å². The van der Waals surface area contributed by atoms with Gasteiger partial charge >= 0.3 is 0 Å². The molecular formula is C15H15FN2. The van der Waals surface area contributed by atoms with Gasteiger partial charge in [0.25, 0.3) is 0 Å². The number of nitrogens with one attached hydrogen (secondary N) is 1. The van der Waals surface area contributed by atoms with Crippen LogP contribution in [0.25, 0.3) is 0 Å². The predicted molar refractivity (Wildman–Crippen MR) is 68.7 cm³/mol. The number of benzene rings is 1. The second kappa shape index (κ2) is 4.86. The molecule has 3 heteroatoms. The second-order valence-electron chi connectivity index (χ2n) is 4.63. The third-order valence-electron chi connectivity index (χ3n) is 3.53. The maximum absolute atomic E-state index is 13.0. The van der Waals surface area contributed by atoms with E-state index >= 15 is 0 Å². The van der Waals surface area contributed by atoms with Crippen molar-refractivity contribution in [3.05, 3.63) is 65.7 Å². The summed E-state index contributed by atoms with van der Waals surface area (Å²) in [5.41, 5.74) is 2.24. The molecule has 2 aromatic rings. The molecule has 18 heavy (non-hydrogen) atoms. The van der Waals surface area contributed by atoms with Crippen LogP contribution in [0.5, 0.6) is 0 Å². The molecule has 2 nitrogen and oxygen atoms in total. The third-order valence-corrected chi connectivity index (χ3v) is 3.53. The fourth-order valence-electron chi connectivity index (χ4n) is 2.64. The third kappa shape index (κ3) is 2.14. The van der Waals surface area contributed by atoms with Crippen molar-refractivity contribution in [3.8, 4) is 0 Å². The topological polar surface area (TPSA) is 24.9 Å². The van der Waals surface area contributed by atoms with Crippen molar-refractivity contribution in [1.82, 2.24) is 10.3 Å². The fraction of sp³-hybridized carbons (Fsp3) is 0.267. The standard InChI is InChI=1S/C15H15FN2/c16-12-6-4-11(5-7-12)13-8-10-18-15(13)14-3-1-2-9-17-14/h1-7,9,13,15,18H,8,10H2. The number of aromatic nitrogens is 1. The molecule has 1 fully saturated rings. The van der Waals surface area contributed by atoms with E-state index in [1.807, 2.05) is 36.5 Å². The summed E-state index contributed by atoms with van der Waals surface area (Å²) in [4.78, 5) is 4.42. The van der Waals surface area contributed by atoms with Gasteiger partial charge in [-0.1, -0.05) is 18.2 Å². The van der Waals surface area contributed by atoms with Crippen LogP contribution in [0.4, 0.5) is 4.39 Å². The quantitative estimate of drug-likeness (QED) is 0.875. The van der Waals surface area contributed by atoms with Gasteiger partial charge < -0.3 is 5.32 Å². The highest BCUT2D eigenvalue weighted by molar-refractivity contribution is 5.27. The van der Waals surface area contributed by atoms with Gasteiger partial charge in [0.05, 0.1) is 11.7 Å². The zero-order chi connectivity index (χ0) is 12.4. The van der Waals surface area contributed by atoms with Crippen LogP contribution in [0.15, 0.2) is 48.7 Å². The molecule has 1 saturated heterocycles. The monoisotopic (exact) mass is 242 g/mol. The Morgan fingerprint density at radius 2 is 1.94 bits per heavy atom. The van der Waals surface area contributed by atoms with Crippen LogP contribution in [-0.2, 0) is 0 Å². The first-order chi connectivity index (χ1) is 8.84. The lowest BCUT2D eigenvalue weighted by molar-refractivity contribution is 0.560. The summed E-state index contributed by atoms with van der Waals surface area (Å²) in [5, 5.41) is 3.48. The number of rotatable bonds is 2. The summed E-state index contributed by atoms with van der Waals surface area (Å²) >= 11 is 0. The fourth-order valence-corrected chi connectivity index (χ4v) is 2.64. The molecule has 3 rings (SSSR count). The molecule has 0 radical (unpaired) electrons. The maximum Gasteiger partial charge on any atom is 0.123 e. The van der Waals surface area contributed by atoms with E-state index < -0.39 is 0 Å². The molecular weight excluding hydrogens is 227 g/mol. The lowest BCUT2D eigenvalue weighted by Gasteiger charge is -2.19. The first kappa shape index (κ1) is 11.4. The molecule has 1 aromatic heterocycles. The molecule has 2 unspecified atom stereocenters. The Morgan fingerprint density at radius 3 is 2.67 bits per heavy atom. The lowest BCUT2D eigenvalue weighted by atomic mass is 9.90. The van der Waals surface area contributed by atoms with E-state index in [1.165, 1.54) is 17.7 Å². The molecule has 0 saturated carbocycles. The van der Waals surface area contributed by atoms with E-state index in [0.717, 1.165) is 18.7 Å². The molecule has 0 aliphatic carbocycles. The number of pyridine rings is 1. The SMILES string of the molecule is Fc1ccc(C2CCNC2c2ccccn2)cc1. The van der Waals surface area contributed by atoms with Crippen molar-refractivity contribution in [2.24, 2.45) is 0 Å². The Bertz CT molecular complexity index is 510. The van der Waals surface area contributed by atoms with Crippen molar-refractivity contribution >= 4 is 0 Å². The number of hydrogen-bond donors (Lipinski definition) is 1. The Kier molecular flexibility index (Phi) is 3.07. The minimum absolute atomic E-state index is 0.181. The normalized spacial score (nSPS) is 23.2. The Balaban J connectivity index is 1.90. The molecule has 1 aromatic carbocycles. The van der Waals surface area contributed by atoms with Crippen molar-refractivity contribution in [2.45, 2.75) is 18.4 Å². The highest BCUT2D eigenvalue weighted by atomic mass is 19.1. The van der Waals surface area contributed by atoms with Crippen LogP contribution in [0.3, 0.4) is 0 Å². The van der Waals surface area contributed by atoms with Gasteiger partial charge in [-0.3, -0.25) is 4.98 Å². The Hall–Kier alpha value is -1.74. The first-order valence-electron chi connectivity index (χ1n) is 6.24. The zero-order valence-corrected chi connectivity index (χ0v) is 10.0. The van der Waals surface area contributed by atoms with Gasteiger partial charge in [0.2, 0.25) is 0 Å². The van der Waals surface area contributed by atoms with Crippen molar-refractivity contribution in [2.75, 3.05) is 6.54 Å². The first-order valence-corrected chi connectivity index (χ1v) is 6.24. The second-order valence-corrected chi connectivity index (χ2v) is 4.63. The molecule has 2 heterocycles. The van der Waals surface area contributed by atoms with E-state index in [2.05, 4.69) is 10.3 Å². The van der Waals surface area contributed by atoms with Gasteiger partial charge in [0.1, 0.15) is 5.82 Å². The van der Waals surface area contributed by atoms with Crippen molar-refractivity contribution < 1.29 is 4.39 Å². The van der Waals surface area contributed by atoms with Crippen LogP contribution in [0.2, 0.25) is 0 Å². The van der Waals surface area contributed by atoms with Crippen LogP contribution < -0.4 is 5.32 Å². The number of hydrogen-bond acceptors (Lipinski definition) is 2. The van der Waals surface area contributed by atoms with Gasteiger partial charge in [-0.05, 0) is 42.8 Å². The smallest absolute Gasteiger partial charge is 0.123 e. The molecule has 0 bridgehead atoms. The van der Waals surface area contributed by atoms with Crippen LogP contribution in [0, 0.1) is 5.82 Å². The molecule has 0 amide bonds. The summed E-state index contributed by atoms with van der Waals surface area (Å²) in [6.45, 7) is 0.975. The largest absolute Gasteiger partial charge is 0.308 e. The lowest BCUT2D eigenvalue weighted by Crippen LogP contribution is -2.18. The predicted octanol–water partition coefficient (Wildman–Crippen LogP) is 3.04. The molecule has 1 aliphatic heterocycles. The van der Waals surface area contributed by atoms with Gasteiger partial charge in [-0.2, -0.15) is 0 Å². The molecule has 2 atom stereocenters.